The topological polar surface area (TPSA) is 12.0 Å². The minimum atomic E-state index is -0.665. The number of rotatable bonds is 3. The van der Waals surface area contributed by atoms with Crippen molar-refractivity contribution in [2.45, 2.75) is 25.4 Å². The molecule has 1 N–H and O–H groups in total. The summed E-state index contributed by atoms with van der Waals surface area (Å²) in [6.07, 6.45) is 1.66. The van der Waals surface area contributed by atoms with Crippen molar-refractivity contribution >= 4 is 39.9 Å². The number of hydrogen-bond donors (Lipinski definition) is 1. The third-order valence-electron chi connectivity index (χ3n) is 3.31. The Bertz CT molecular complexity index is 389. The molecule has 1 fully saturated rings. The summed E-state index contributed by atoms with van der Waals surface area (Å²) >= 11 is 9.55. The molecule has 2 rings (SSSR count). The molecule has 1 heterocycles. The van der Waals surface area contributed by atoms with Crippen molar-refractivity contribution in [1.82, 2.24) is 5.32 Å². The van der Waals surface area contributed by atoms with Crippen LogP contribution >= 0.6 is 39.9 Å². The summed E-state index contributed by atoms with van der Waals surface area (Å²) in [4.78, 5) is 0. The minimum Gasteiger partial charge on any atom is -0.316 e. The third kappa shape index (κ3) is 4.37. The SMILES string of the molecule is Cl.F[C@@H]1CCNC[C@H]1CCc1cc(Br)ccc1Cl. The molecule has 2 atom stereocenters. The Balaban J connectivity index is 0.00000162. The summed E-state index contributed by atoms with van der Waals surface area (Å²) < 4.78 is 14.7. The Hall–Kier alpha value is 0.170. The van der Waals surface area contributed by atoms with Gasteiger partial charge in [0.2, 0.25) is 0 Å². The standard InChI is InChI=1S/C13H16BrClFN.ClH/c14-11-3-4-12(15)9(7-11)1-2-10-8-17-6-5-13(10)16;/h3-4,7,10,13,17H,1-2,5-6,8H2;1H/t10-,13-;/m1./s1. The van der Waals surface area contributed by atoms with Gasteiger partial charge in [0, 0.05) is 22.0 Å². The van der Waals surface area contributed by atoms with E-state index in [-0.39, 0.29) is 18.3 Å². The molecule has 0 aliphatic carbocycles. The molecule has 0 amide bonds. The molecule has 1 aliphatic heterocycles. The van der Waals surface area contributed by atoms with Gasteiger partial charge in [-0.1, -0.05) is 27.5 Å². The first-order valence-electron chi connectivity index (χ1n) is 5.95. The van der Waals surface area contributed by atoms with E-state index in [4.69, 9.17) is 11.6 Å². The number of benzene rings is 1. The monoisotopic (exact) mass is 355 g/mol. The number of aryl methyl sites for hydroxylation is 1. The second-order valence-electron chi connectivity index (χ2n) is 4.54. The van der Waals surface area contributed by atoms with E-state index < -0.39 is 6.17 Å². The largest absolute Gasteiger partial charge is 0.316 e. The summed E-state index contributed by atoms with van der Waals surface area (Å²) in [5.41, 5.74) is 1.10. The fourth-order valence-electron chi connectivity index (χ4n) is 2.25. The zero-order valence-corrected chi connectivity index (χ0v) is 13.1. The molecular weight excluding hydrogens is 340 g/mol. The molecule has 0 radical (unpaired) electrons. The molecule has 1 aromatic rings. The maximum atomic E-state index is 13.6. The number of nitrogens with one attached hydrogen (secondary N) is 1. The highest BCUT2D eigenvalue weighted by Gasteiger charge is 2.24. The van der Waals surface area contributed by atoms with Crippen LogP contribution in [-0.4, -0.2) is 19.3 Å². The van der Waals surface area contributed by atoms with E-state index in [1.165, 1.54) is 0 Å². The first kappa shape index (κ1) is 16.2. The van der Waals surface area contributed by atoms with Gasteiger partial charge in [0.15, 0.2) is 0 Å². The van der Waals surface area contributed by atoms with Crippen LogP contribution in [0.1, 0.15) is 18.4 Å². The van der Waals surface area contributed by atoms with Gasteiger partial charge in [0.25, 0.3) is 0 Å². The minimum absolute atomic E-state index is 0. The fraction of sp³-hybridized carbons (Fsp3) is 0.538. The Labute approximate surface area is 127 Å². The van der Waals surface area contributed by atoms with Crippen LogP contribution in [0.5, 0.6) is 0 Å². The van der Waals surface area contributed by atoms with Gasteiger partial charge in [-0.15, -0.1) is 12.4 Å². The average Bonchev–Trinajstić information content (AvgIpc) is 2.32. The van der Waals surface area contributed by atoms with Gasteiger partial charge in [0.05, 0.1) is 0 Å². The van der Waals surface area contributed by atoms with Gasteiger partial charge >= 0.3 is 0 Å². The van der Waals surface area contributed by atoms with Gasteiger partial charge in [-0.3, -0.25) is 0 Å². The average molecular weight is 357 g/mol. The van der Waals surface area contributed by atoms with Crippen LogP contribution in [0.25, 0.3) is 0 Å². The second-order valence-corrected chi connectivity index (χ2v) is 5.87. The highest BCUT2D eigenvalue weighted by atomic mass is 79.9. The van der Waals surface area contributed by atoms with Gasteiger partial charge in [-0.25, -0.2) is 4.39 Å². The highest BCUT2D eigenvalue weighted by molar-refractivity contribution is 9.10. The van der Waals surface area contributed by atoms with Gasteiger partial charge < -0.3 is 5.32 Å². The van der Waals surface area contributed by atoms with E-state index in [1.54, 1.807) is 0 Å². The summed E-state index contributed by atoms with van der Waals surface area (Å²) in [6.45, 7) is 1.59. The normalized spacial score (nSPS) is 23.5. The second kappa shape index (κ2) is 7.68. The molecule has 0 spiro atoms. The lowest BCUT2D eigenvalue weighted by Crippen LogP contribution is -2.37. The lowest BCUT2D eigenvalue weighted by molar-refractivity contribution is 0.170. The van der Waals surface area contributed by atoms with E-state index in [2.05, 4.69) is 21.2 Å². The van der Waals surface area contributed by atoms with E-state index >= 15 is 0 Å². The number of alkyl halides is 1. The van der Waals surface area contributed by atoms with Crippen molar-refractivity contribution in [2.24, 2.45) is 5.92 Å². The van der Waals surface area contributed by atoms with Crippen LogP contribution in [0, 0.1) is 5.92 Å². The van der Waals surface area contributed by atoms with Gasteiger partial charge in [0.1, 0.15) is 6.17 Å². The Kier molecular flexibility index (Phi) is 6.93. The Morgan fingerprint density at radius 3 is 2.94 bits per heavy atom. The smallest absolute Gasteiger partial charge is 0.105 e. The van der Waals surface area contributed by atoms with Crippen molar-refractivity contribution in [3.8, 4) is 0 Å². The van der Waals surface area contributed by atoms with Crippen LogP contribution in [-0.2, 0) is 6.42 Å². The molecule has 1 aromatic carbocycles. The molecule has 0 bridgehead atoms. The molecule has 102 valence electrons. The zero-order chi connectivity index (χ0) is 12.3. The van der Waals surface area contributed by atoms with Crippen molar-refractivity contribution in [3.05, 3.63) is 33.3 Å². The Morgan fingerprint density at radius 2 is 2.22 bits per heavy atom. The van der Waals surface area contributed by atoms with Crippen LogP contribution < -0.4 is 5.32 Å². The summed E-state index contributed by atoms with van der Waals surface area (Å²) in [7, 11) is 0. The van der Waals surface area contributed by atoms with Crippen molar-refractivity contribution < 1.29 is 4.39 Å². The van der Waals surface area contributed by atoms with Gasteiger partial charge in [-0.05, 0) is 49.6 Å². The van der Waals surface area contributed by atoms with Crippen LogP contribution in [0.2, 0.25) is 5.02 Å². The van der Waals surface area contributed by atoms with Crippen LogP contribution in [0.15, 0.2) is 22.7 Å². The molecule has 1 aliphatic rings. The summed E-state index contributed by atoms with van der Waals surface area (Å²) in [5, 5.41) is 4.02. The molecule has 1 nitrogen and oxygen atoms in total. The molecule has 0 aromatic heterocycles. The maximum absolute atomic E-state index is 13.6. The third-order valence-corrected chi connectivity index (χ3v) is 4.17. The maximum Gasteiger partial charge on any atom is 0.105 e. The van der Waals surface area contributed by atoms with Crippen LogP contribution in [0.3, 0.4) is 0 Å². The predicted molar refractivity (Wildman–Crippen MR) is 80.6 cm³/mol. The van der Waals surface area contributed by atoms with Crippen LogP contribution in [0.4, 0.5) is 4.39 Å². The Morgan fingerprint density at radius 1 is 1.44 bits per heavy atom. The number of piperidine rings is 1. The fourth-order valence-corrected chi connectivity index (χ4v) is 2.87. The number of hydrogen-bond acceptors (Lipinski definition) is 1. The molecular formula is C13H17BrCl2FN. The molecule has 5 heteroatoms. The lowest BCUT2D eigenvalue weighted by atomic mass is 9.91. The zero-order valence-electron chi connectivity index (χ0n) is 9.96. The lowest BCUT2D eigenvalue weighted by Gasteiger charge is -2.26. The van der Waals surface area contributed by atoms with Crippen molar-refractivity contribution in [1.29, 1.82) is 0 Å². The first-order valence-corrected chi connectivity index (χ1v) is 7.12. The number of halogens is 4. The first-order chi connectivity index (χ1) is 8.16. The van der Waals surface area contributed by atoms with Crippen molar-refractivity contribution in [3.63, 3.8) is 0 Å². The molecule has 18 heavy (non-hydrogen) atoms. The van der Waals surface area contributed by atoms with E-state index in [9.17, 15) is 4.39 Å². The molecule has 1 saturated heterocycles. The van der Waals surface area contributed by atoms with E-state index in [0.717, 1.165) is 41.0 Å². The molecule has 0 saturated carbocycles. The summed E-state index contributed by atoms with van der Waals surface area (Å²) in [5.74, 6) is 0.124. The van der Waals surface area contributed by atoms with Crippen molar-refractivity contribution in [2.75, 3.05) is 13.1 Å². The predicted octanol–water partition coefficient (Wildman–Crippen LogP) is 4.40. The van der Waals surface area contributed by atoms with Gasteiger partial charge in [-0.2, -0.15) is 0 Å². The summed E-state index contributed by atoms with van der Waals surface area (Å²) in [6, 6.07) is 5.82. The highest BCUT2D eigenvalue weighted by Crippen LogP contribution is 2.26. The molecule has 0 unspecified atom stereocenters. The van der Waals surface area contributed by atoms with E-state index in [0.29, 0.717) is 6.42 Å². The van der Waals surface area contributed by atoms with E-state index in [1.807, 2.05) is 18.2 Å². The quantitative estimate of drug-likeness (QED) is 0.846.